The van der Waals surface area contributed by atoms with Gasteiger partial charge in [0.2, 0.25) is 0 Å². The van der Waals surface area contributed by atoms with Gasteiger partial charge in [-0.15, -0.1) is 0 Å². The van der Waals surface area contributed by atoms with Crippen LogP contribution in [0.4, 0.5) is 0 Å². The lowest BCUT2D eigenvalue weighted by atomic mass is 10.1. The summed E-state index contributed by atoms with van der Waals surface area (Å²) in [6.45, 7) is -0.528. The smallest absolute Gasteiger partial charge is 0.109 e. The van der Waals surface area contributed by atoms with Gasteiger partial charge < -0.3 is 15.3 Å². The molecule has 0 saturated carbocycles. The molecule has 2 unspecified atom stereocenters. The third-order valence-corrected chi connectivity index (χ3v) is 2.40. The zero-order chi connectivity index (χ0) is 10.7. The van der Waals surface area contributed by atoms with E-state index in [1.165, 1.54) is 12.1 Å². The van der Waals surface area contributed by atoms with E-state index in [4.69, 9.17) is 28.3 Å². The molecule has 0 aliphatic carbocycles. The average Bonchev–Trinajstić information content (AvgIpc) is 2.15. The number of aliphatic hydroxyl groups excluding tert-OH is 3. The molecule has 0 bridgehead atoms. The number of hydrogen-bond acceptors (Lipinski definition) is 3. The quantitative estimate of drug-likeness (QED) is 0.744. The Morgan fingerprint density at radius 2 is 1.86 bits per heavy atom. The Kier molecular flexibility index (Phi) is 4.16. The van der Waals surface area contributed by atoms with Crippen molar-refractivity contribution in [1.82, 2.24) is 0 Å². The van der Waals surface area contributed by atoms with Gasteiger partial charge in [0.05, 0.1) is 6.61 Å². The minimum absolute atomic E-state index is 0.262. The van der Waals surface area contributed by atoms with E-state index in [2.05, 4.69) is 0 Å². The van der Waals surface area contributed by atoms with Crippen LogP contribution in [-0.4, -0.2) is 28.0 Å². The van der Waals surface area contributed by atoms with E-state index in [0.717, 1.165) is 0 Å². The first-order valence-electron chi connectivity index (χ1n) is 3.98. The number of benzene rings is 1. The standard InChI is InChI=1S/C9H10Cl2O3/c10-5-1-2-6(7(11)3-5)9(14)8(13)4-12/h1-3,8-9,12-14H,4H2. The first-order chi connectivity index (χ1) is 6.56. The van der Waals surface area contributed by atoms with E-state index in [0.29, 0.717) is 10.6 Å². The summed E-state index contributed by atoms with van der Waals surface area (Å²) >= 11 is 11.4. The van der Waals surface area contributed by atoms with Crippen LogP contribution in [0.15, 0.2) is 18.2 Å². The van der Waals surface area contributed by atoms with Crippen molar-refractivity contribution in [3.8, 4) is 0 Å². The molecule has 0 radical (unpaired) electrons. The van der Waals surface area contributed by atoms with Crippen LogP contribution in [0, 0.1) is 0 Å². The maximum atomic E-state index is 9.52. The molecule has 3 nitrogen and oxygen atoms in total. The fourth-order valence-corrected chi connectivity index (χ4v) is 1.57. The van der Waals surface area contributed by atoms with Gasteiger partial charge in [-0.05, 0) is 12.1 Å². The van der Waals surface area contributed by atoms with Crippen LogP contribution in [0.2, 0.25) is 10.0 Å². The predicted octanol–water partition coefficient (Wildman–Crippen LogP) is 1.38. The molecule has 0 aromatic heterocycles. The van der Waals surface area contributed by atoms with Gasteiger partial charge in [0, 0.05) is 15.6 Å². The Bertz CT molecular complexity index is 317. The van der Waals surface area contributed by atoms with Crippen molar-refractivity contribution in [3.63, 3.8) is 0 Å². The molecular formula is C9H10Cl2O3. The van der Waals surface area contributed by atoms with Gasteiger partial charge in [-0.2, -0.15) is 0 Å². The van der Waals surface area contributed by atoms with Crippen molar-refractivity contribution in [1.29, 1.82) is 0 Å². The molecular weight excluding hydrogens is 227 g/mol. The molecule has 1 aromatic carbocycles. The van der Waals surface area contributed by atoms with Crippen LogP contribution in [0.5, 0.6) is 0 Å². The highest BCUT2D eigenvalue weighted by Gasteiger charge is 2.19. The van der Waals surface area contributed by atoms with Crippen molar-refractivity contribution >= 4 is 23.2 Å². The van der Waals surface area contributed by atoms with Crippen molar-refractivity contribution in [2.45, 2.75) is 12.2 Å². The van der Waals surface area contributed by atoms with Crippen LogP contribution >= 0.6 is 23.2 Å². The van der Waals surface area contributed by atoms with Gasteiger partial charge in [-0.25, -0.2) is 0 Å². The first kappa shape index (κ1) is 11.8. The highest BCUT2D eigenvalue weighted by molar-refractivity contribution is 6.35. The highest BCUT2D eigenvalue weighted by Crippen LogP contribution is 2.27. The van der Waals surface area contributed by atoms with Crippen LogP contribution in [0.25, 0.3) is 0 Å². The minimum Gasteiger partial charge on any atom is -0.394 e. The Balaban J connectivity index is 2.95. The maximum Gasteiger partial charge on any atom is 0.109 e. The largest absolute Gasteiger partial charge is 0.394 e. The zero-order valence-electron chi connectivity index (χ0n) is 7.19. The lowest BCUT2D eigenvalue weighted by Gasteiger charge is -2.17. The van der Waals surface area contributed by atoms with Crippen LogP contribution in [0.1, 0.15) is 11.7 Å². The van der Waals surface area contributed by atoms with Gasteiger partial charge in [-0.1, -0.05) is 29.3 Å². The summed E-state index contributed by atoms with van der Waals surface area (Å²) in [5.74, 6) is 0. The molecule has 0 aliphatic rings. The summed E-state index contributed by atoms with van der Waals surface area (Å²) in [7, 11) is 0. The third-order valence-electron chi connectivity index (χ3n) is 1.83. The maximum absolute atomic E-state index is 9.52. The topological polar surface area (TPSA) is 60.7 Å². The molecule has 0 fully saturated rings. The summed E-state index contributed by atoms with van der Waals surface area (Å²) in [6.07, 6.45) is -2.45. The molecule has 1 rings (SSSR count). The second-order valence-electron chi connectivity index (χ2n) is 2.86. The van der Waals surface area contributed by atoms with E-state index in [-0.39, 0.29) is 5.02 Å². The fraction of sp³-hybridized carbons (Fsp3) is 0.333. The lowest BCUT2D eigenvalue weighted by molar-refractivity contribution is -0.0152. The Morgan fingerprint density at radius 1 is 1.21 bits per heavy atom. The minimum atomic E-state index is -1.24. The van der Waals surface area contributed by atoms with Crippen molar-refractivity contribution in [3.05, 3.63) is 33.8 Å². The van der Waals surface area contributed by atoms with Gasteiger partial charge in [-0.3, -0.25) is 0 Å². The first-order valence-corrected chi connectivity index (χ1v) is 4.73. The van der Waals surface area contributed by atoms with Crippen molar-refractivity contribution in [2.75, 3.05) is 6.61 Å². The summed E-state index contributed by atoms with van der Waals surface area (Å²) < 4.78 is 0. The van der Waals surface area contributed by atoms with E-state index in [9.17, 15) is 10.2 Å². The summed E-state index contributed by atoms with van der Waals surface area (Å²) in [4.78, 5) is 0. The highest BCUT2D eigenvalue weighted by atomic mass is 35.5. The molecule has 5 heteroatoms. The number of halogens is 2. The van der Waals surface area contributed by atoms with Gasteiger partial charge in [0.25, 0.3) is 0 Å². The fourth-order valence-electron chi connectivity index (χ4n) is 1.05. The molecule has 0 aliphatic heterocycles. The van der Waals surface area contributed by atoms with E-state index in [1.54, 1.807) is 6.07 Å². The number of rotatable bonds is 3. The molecule has 78 valence electrons. The molecule has 0 heterocycles. The van der Waals surface area contributed by atoms with Gasteiger partial charge in [0.1, 0.15) is 12.2 Å². The molecule has 2 atom stereocenters. The molecule has 0 saturated heterocycles. The lowest BCUT2D eigenvalue weighted by Crippen LogP contribution is -2.22. The SMILES string of the molecule is OCC(O)C(O)c1ccc(Cl)cc1Cl. The summed E-state index contributed by atoms with van der Waals surface area (Å²) in [5.41, 5.74) is 0.345. The molecule has 14 heavy (non-hydrogen) atoms. The van der Waals surface area contributed by atoms with Crippen molar-refractivity contribution in [2.24, 2.45) is 0 Å². The van der Waals surface area contributed by atoms with Crippen LogP contribution in [0.3, 0.4) is 0 Å². The normalized spacial score (nSPS) is 15.2. The summed E-state index contributed by atoms with van der Waals surface area (Å²) in [5, 5.41) is 28.0. The second-order valence-corrected chi connectivity index (χ2v) is 3.70. The van der Waals surface area contributed by atoms with E-state index < -0.39 is 18.8 Å². The molecule has 3 N–H and O–H groups in total. The summed E-state index contributed by atoms with van der Waals surface area (Å²) in [6, 6.07) is 4.52. The average molecular weight is 237 g/mol. The number of hydrogen-bond donors (Lipinski definition) is 3. The van der Waals surface area contributed by atoms with Gasteiger partial charge in [0.15, 0.2) is 0 Å². The Labute approximate surface area is 91.5 Å². The van der Waals surface area contributed by atoms with Crippen LogP contribution < -0.4 is 0 Å². The molecule has 0 amide bonds. The second kappa shape index (κ2) is 4.96. The van der Waals surface area contributed by atoms with Gasteiger partial charge >= 0.3 is 0 Å². The van der Waals surface area contributed by atoms with E-state index in [1.807, 2.05) is 0 Å². The molecule has 1 aromatic rings. The molecule has 0 spiro atoms. The predicted molar refractivity (Wildman–Crippen MR) is 54.5 cm³/mol. The number of aliphatic hydroxyl groups is 3. The van der Waals surface area contributed by atoms with Crippen LogP contribution in [-0.2, 0) is 0 Å². The van der Waals surface area contributed by atoms with Crippen molar-refractivity contribution < 1.29 is 15.3 Å². The Hall–Kier alpha value is -0.320. The zero-order valence-corrected chi connectivity index (χ0v) is 8.70. The Morgan fingerprint density at radius 3 is 2.36 bits per heavy atom. The monoisotopic (exact) mass is 236 g/mol. The van der Waals surface area contributed by atoms with E-state index >= 15 is 0 Å². The third kappa shape index (κ3) is 2.59.